The first-order valence-corrected chi connectivity index (χ1v) is 20.0. The molecule has 0 radical (unpaired) electrons. The van der Waals surface area contributed by atoms with Crippen molar-refractivity contribution in [1.82, 2.24) is 5.32 Å². The van der Waals surface area contributed by atoms with Crippen molar-refractivity contribution in [2.45, 2.75) is 142 Å². The van der Waals surface area contributed by atoms with Gasteiger partial charge in [0.15, 0.2) is 0 Å². The van der Waals surface area contributed by atoms with E-state index in [0.29, 0.717) is 6.42 Å². The van der Waals surface area contributed by atoms with Crippen LogP contribution in [0.15, 0.2) is 146 Å². The summed E-state index contributed by atoms with van der Waals surface area (Å²) in [6.45, 7) is 3.95. The first-order chi connectivity index (χ1) is 25.7. The fourth-order valence-corrected chi connectivity index (χ4v) is 4.77. The van der Waals surface area contributed by atoms with Crippen molar-refractivity contribution in [3.8, 4) is 0 Å². The number of aliphatic hydroxyl groups excluding tert-OH is 2. The molecule has 0 aromatic rings. The zero-order chi connectivity index (χ0) is 37.8. The Morgan fingerprint density at radius 3 is 1.19 bits per heavy atom. The third kappa shape index (κ3) is 37.5. The molecular formula is C48H73NO3. The molecule has 0 aromatic heterocycles. The van der Waals surface area contributed by atoms with Crippen molar-refractivity contribution in [2.24, 2.45) is 0 Å². The highest BCUT2D eigenvalue weighted by atomic mass is 16.3. The zero-order valence-electron chi connectivity index (χ0n) is 32.7. The minimum atomic E-state index is -0.859. The molecule has 0 bridgehead atoms. The highest BCUT2D eigenvalue weighted by molar-refractivity contribution is 5.76. The maximum atomic E-state index is 12.1. The van der Waals surface area contributed by atoms with Crippen molar-refractivity contribution in [1.29, 1.82) is 0 Å². The van der Waals surface area contributed by atoms with Crippen molar-refractivity contribution < 1.29 is 15.0 Å². The molecule has 0 aliphatic heterocycles. The number of rotatable bonds is 33. The fourth-order valence-electron chi connectivity index (χ4n) is 4.77. The van der Waals surface area contributed by atoms with E-state index < -0.39 is 12.1 Å². The Bertz CT molecular complexity index is 1170. The van der Waals surface area contributed by atoms with Crippen LogP contribution in [0.3, 0.4) is 0 Å². The van der Waals surface area contributed by atoms with Gasteiger partial charge in [0.25, 0.3) is 0 Å². The minimum Gasteiger partial charge on any atom is -0.394 e. The molecule has 0 saturated carbocycles. The Morgan fingerprint density at radius 2 is 0.846 bits per heavy atom. The lowest BCUT2D eigenvalue weighted by Crippen LogP contribution is -2.45. The van der Waals surface area contributed by atoms with Crippen LogP contribution in [0.25, 0.3) is 0 Å². The lowest BCUT2D eigenvalue weighted by atomic mass is 10.1. The van der Waals surface area contributed by atoms with E-state index in [2.05, 4.69) is 153 Å². The SMILES string of the molecule is CC/C=C\C/C=C\C/C=C\C/C=C\C/C=C\C/C=C\C/C=C\C/C=C\C/C=C\C/C=C\C/C=C\CCCCCC(=O)NC(CO)C(O)/C=C/CCC. The summed E-state index contributed by atoms with van der Waals surface area (Å²) in [4.78, 5) is 12.1. The van der Waals surface area contributed by atoms with Gasteiger partial charge in [-0.2, -0.15) is 0 Å². The lowest BCUT2D eigenvalue weighted by Gasteiger charge is -2.19. The third-order valence-electron chi connectivity index (χ3n) is 7.81. The average molecular weight is 712 g/mol. The smallest absolute Gasteiger partial charge is 0.220 e. The second kappa shape index (κ2) is 41.7. The van der Waals surface area contributed by atoms with Crippen LogP contribution in [-0.2, 0) is 4.79 Å². The van der Waals surface area contributed by atoms with Gasteiger partial charge in [-0.3, -0.25) is 4.79 Å². The van der Waals surface area contributed by atoms with Gasteiger partial charge < -0.3 is 15.5 Å². The molecule has 0 spiro atoms. The van der Waals surface area contributed by atoms with Gasteiger partial charge in [-0.1, -0.05) is 173 Å². The molecule has 2 atom stereocenters. The van der Waals surface area contributed by atoms with Gasteiger partial charge >= 0.3 is 0 Å². The van der Waals surface area contributed by atoms with E-state index in [1.54, 1.807) is 6.08 Å². The molecule has 0 heterocycles. The molecule has 0 aromatic carbocycles. The predicted octanol–water partition coefficient (Wildman–Crippen LogP) is 12.6. The largest absolute Gasteiger partial charge is 0.394 e. The van der Waals surface area contributed by atoms with Gasteiger partial charge in [0.1, 0.15) is 0 Å². The van der Waals surface area contributed by atoms with E-state index in [1.807, 2.05) is 6.08 Å². The maximum Gasteiger partial charge on any atom is 0.220 e. The first-order valence-electron chi connectivity index (χ1n) is 20.0. The van der Waals surface area contributed by atoms with E-state index >= 15 is 0 Å². The van der Waals surface area contributed by atoms with Crippen LogP contribution < -0.4 is 5.32 Å². The Labute approximate surface area is 319 Å². The molecule has 52 heavy (non-hydrogen) atoms. The summed E-state index contributed by atoms with van der Waals surface area (Å²) in [6, 6.07) is -0.646. The predicted molar refractivity (Wildman–Crippen MR) is 229 cm³/mol. The second-order valence-electron chi connectivity index (χ2n) is 12.6. The quantitative estimate of drug-likeness (QED) is 0.0469. The van der Waals surface area contributed by atoms with Crippen LogP contribution in [0, 0.1) is 0 Å². The van der Waals surface area contributed by atoms with Gasteiger partial charge in [-0.15, -0.1) is 0 Å². The molecular weight excluding hydrogens is 639 g/mol. The molecule has 0 rings (SSSR count). The minimum absolute atomic E-state index is 0.117. The van der Waals surface area contributed by atoms with Gasteiger partial charge in [-0.05, 0) is 96.3 Å². The summed E-state index contributed by atoms with van der Waals surface area (Å²) in [6.07, 6.45) is 68.7. The number of amides is 1. The molecule has 0 saturated heterocycles. The van der Waals surface area contributed by atoms with Gasteiger partial charge in [0.05, 0.1) is 18.8 Å². The third-order valence-corrected chi connectivity index (χ3v) is 7.81. The number of hydrogen-bond donors (Lipinski definition) is 3. The zero-order valence-corrected chi connectivity index (χ0v) is 32.7. The van der Waals surface area contributed by atoms with E-state index in [9.17, 15) is 15.0 Å². The first kappa shape index (κ1) is 48.3. The summed E-state index contributed by atoms with van der Waals surface area (Å²) in [7, 11) is 0. The number of aliphatic hydroxyl groups is 2. The lowest BCUT2D eigenvalue weighted by molar-refractivity contribution is -0.123. The number of allylic oxidation sites excluding steroid dienone is 23. The van der Waals surface area contributed by atoms with E-state index in [4.69, 9.17) is 0 Å². The Hall–Kier alpha value is -3.73. The molecule has 0 aliphatic rings. The van der Waals surface area contributed by atoms with Gasteiger partial charge in [0.2, 0.25) is 5.91 Å². The second-order valence-corrected chi connectivity index (χ2v) is 12.6. The molecule has 4 heteroatoms. The molecule has 0 aliphatic carbocycles. The monoisotopic (exact) mass is 712 g/mol. The molecule has 288 valence electrons. The summed E-state index contributed by atoms with van der Waals surface area (Å²) in [5.74, 6) is -0.117. The molecule has 2 unspecified atom stereocenters. The van der Waals surface area contributed by atoms with Gasteiger partial charge in [-0.25, -0.2) is 0 Å². The fraction of sp³-hybridized carbons (Fsp3) is 0.479. The molecule has 3 N–H and O–H groups in total. The average Bonchev–Trinajstić information content (AvgIpc) is 3.15. The number of unbranched alkanes of at least 4 members (excludes halogenated alkanes) is 4. The van der Waals surface area contributed by atoms with E-state index in [1.165, 1.54) is 0 Å². The standard InChI is InChI=1S/C48H73NO3/c1-3-5-7-8-9-10-11-12-13-14-15-16-17-18-19-20-21-22-23-24-25-26-27-28-29-30-31-32-33-34-35-36-37-38-39-40-42-44-48(52)49-46(45-50)47(51)43-41-6-4-2/h5,7,9-10,12-13,15-16,18-19,21-22,24-25,27-28,30-31,33-34,36-37,41,43,46-47,50-51H,3-4,6,8,11,14,17,20,23,26,29,32,35,38-40,42,44-45H2,1-2H3,(H,49,52)/b7-5-,10-9-,13-12-,16-15-,19-18-,22-21-,25-24-,28-27-,31-30-,34-33-,37-36-,43-41+. The van der Waals surface area contributed by atoms with E-state index in [-0.39, 0.29) is 12.5 Å². The molecule has 4 nitrogen and oxygen atoms in total. The highest BCUT2D eigenvalue weighted by Gasteiger charge is 2.17. The van der Waals surface area contributed by atoms with Crippen LogP contribution >= 0.6 is 0 Å². The van der Waals surface area contributed by atoms with E-state index in [0.717, 1.165) is 109 Å². The number of hydrogen-bond acceptors (Lipinski definition) is 3. The normalized spacial score (nSPS) is 14.6. The Balaban J connectivity index is 3.71. The molecule has 1 amide bonds. The van der Waals surface area contributed by atoms with Crippen molar-refractivity contribution >= 4 is 5.91 Å². The Morgan fingerprint density at radius 1 is 0.481 bits per heavy atom. The Kier molecular flexibility index (Phi) is 38.7. The van der Waals surface area contributed by atoms with Crippen LogP contribution in [0.2, 0.25) is 0 Å². The number of carbonyl (C=O) groups is 1. The molecule has 0 fully saturated rings. The summed E-state index contributed by atoms with van der Waals surface area (Å²) in [5.41, 5.74) is 0. The topological polar surface area (TPSA) is 69.6 Å². The van der Waals surface area contributed by atoms with Crippen molar-refractivity contribution in [3.63, 3.8) is 0 Å². The van der Waals surface area contributed by atoms with Crippen LogP contribution in [0.5, 0.6) is 0 Å². The number of nitrogens with one attached hydrogen (secondary N) is 1. The van der Waals surface area contributed by atoms with Crippen LogP contribution in [0.4, 0.5) is 0 Å². The summed E-state index contributed by atoms with van der Waals surface area (Å²) >= 11 is 0. The maximum absolute atomic E-state index is 12.1. The van der Waals surface area contributed by atoms with Crippen molar-refractivity contribution in [2.75, 3.05) is 6.61 Å². The summed E-state index contributed by atoms with van der Waals surface area (Å²) < 4.78 is 0. The van der Waals surface area contributed by atoms with Crippen LogP contribution in [-0.4, -0.2) is 34.9 Å². The highest BCUT2D eigenvalue weighted by Crippen LogP contribution is 2.06. The van der Waals surface area contributed by atoms with Gasteiger partial charge in [0, 0.05) is 6.42 Å². The van der Waals surface area contributed by atoms with Crippen LogP contribution in [0.1, 0.15) is 129 Å². The van der Waals surface area contributed by atoms with Crippen molar-refractivity contribution in [3.05, 3.63) is 146 Å². The number of carbonyl (C=O) groups excluding carboxylic acids is 1. The summed E-state index contributed by atoms with van der Waals surface area (Å²) in [5, 5.41) is 22.3.